The van der Waals surface area contributed by atoms with Gasteiger partial charge in [-0.3, -0.25) is 0 Å². The van der Waals surface area contributed by atoms with Gasteiger partial charge in [0.15, 0.2) is 0 Å². The zero-order valence-corrected chi connectivity index (χ0v) is 13.0. The molecule has 5 aromatic rings. The molecule has 114 valence electrons. The van der Waals surface area contributed by atoms with Gasteiger partial charge in [-0.05, 0) is 24.3 Å². The first-order valence-electron chi connectivity index (χ1n) is 7.96. The molecule has 0 atom stereocenters. The molecule has 3 N–H and O–H groups in total. The molecule has 3 nitrogen and oxygen atoms in total. The number of aromatic amines is 1. The minimum Gasteiger partial charge on any atom is -0.399 e. The molecule has 0 saturated carbocycles. The van der Waals surface area contributed by atoms with Gasteiger partial charge in [-0.15, -0.1) is 0 Å². The van der Waals surface area contributed by atoms with Crippen molar-refractivity contribution in [2.24, 2.45) is 0 Å². The monoisotopic (exact) mass is 309 g/mol. The lowest BCUT2D eigenvalue weighted by atomic mass is 10.0. The summed E-state index contributed by atoms with van der Waals surface area (Å²) in [5, 5.41) is 3.49. The first-order chi connectivity index (χ1) is 11.8. The lowest BCUT2D eigenvalue weighted by molar-refractivity contribution is 1.43. The second-order valence-corrected chi connectivity index (χ2v) is 6.02. The highest BCUT2D eigenvalue weighted by Crippen LogP contribution is 2.37. The van der Waals surface area contributed by atoms with E-state index in [-0.39, 0.29) is 0 Å². The van der Waals surface area contributed by atoms with Crippen LogP contribution in [0.2, 0.25) is 0 Å². The number of nitrogens with two attached hydrogens (primary N) is 1. The average molecular weight is 309 g/mol. The number of H-pyrrole nitrogens is 1. The number of anilines is 1. The molecule has 2 heterocycles. The first-order valence-corrected chi connectivity index (χ1v) is 7.96. The van der Waals surface area contributed by atoms with Crippen LogP contribution in [0.15, 0.2) is 72.8 Å². The molecule has 0 aliphatic rings. The van der Waals surface area contributed by atoms with Crippen LogP contribution in [-0.4, -0.2) is 9.97 Å². The van der Waals surface area contributed by atoms with Gasteiger partial charge < -0.3 is 10.7 Å². The van der Waals surface area contributed by atoms with E-state index in [0.717, 1.165) is 44.3 Å². The topological polar surface area (TPSA) is 54.7 Å². The largest absolute Gasteiger partial charge is 0.399 e. The van der Waals surface area contributed by atoms with E-state index in [9.17, 15) is 0 Å². The molecule has 0 fully saturated rings. The van der Waals surface area contributed by atoms with Gasteiger partial charge in [0.05, 0.1) is 16.7 Å². The van der Waals surface area contributed by atoms with E-state index < -0.39 is 0 Å². The minimum absolute atomic E-state index is 0.759. The summed E-state index contributed by atoms with van der Waals surface area (Å²) in [6.45, 7) is 0. The van der Waals surface area contributed by atoms with Gasteiger partial charge in [0, 0.05) is 32.9 Å². The van der Waals surface area contributed by atoms with Gasteiger partial charge in [-0.1, -0.05) is 48.5 Å². The number of hydrogen-bond acceptors (Lipinski definition) is 2. The molecule has 3 aromatic carbocycles. The Bertz CT molecular complexity index is 1200. The van der Waals surface area contributed by atoms with Crippen molar-refractivity contribution in [2.45, 2.75) is 0 Å². The Morgan fingerprint density at radius 1 is 0.750 bits per heavy atom. The molecule has 0 spiro atoms. The number of nitrogens with one attached hydrogen (secondary N) is 1. The second kappa shape index (κ2) is 4.83. The Balaban J connectivity index is 2.01. The van der Waals surface area contributed by atoms with E-state index in [1.807, 2.05) is 30.3 Å². The first kappa shape index (κ1) is 13.1. The molecular weight excluding hydrogens is 294 g/mol. The van der Waals surface area contributed by atoms with Crippen LogP contribution in [0.1, 0.15) is 0 Å². The highest BCUT2D eigenvalue weighted by Gasteiger charge is 2.15. The molecule has 24 heavy (non-hydrogen) atoms. The van der Waals surface area contributed by atoms with Crippen molar-refractivity contribution in [3.05, 3.63) is 72.8 Å². The Morgan fingerprint density at radius 2 is 1.46 bits per heavy atom. The number of para-hydroxylation sites is 2. The minimum atomic E-state index is 0.759. The van der Waals surface area contributed by atoms with Gasteiger partial charge in [0.2, 0.25) is 0 Å². The molecule has 5 rings (SSSR count). The number of hydrogen-bond donors (Lipinski definition) is 2. The quantitative estimate of drug-likeness (QED) is 0.422. The van der Waals surface area contributed by atoms with Gasteiger partial charge in [0.25, 0.3) is 0 Å². The molecule has 0 radical (unpaired) electrons. The summed E-state index contributed by atoms with van der Waals surface area (Å²) in [7, 11) is 0. The third-order valence-corrected chi connectivity index (χ3v) is 4.53. The standard InChI is InChI=1S/C21H15N3/c22-14-11-9-13(10-12-14)20-19-15-5-1-3-7-17(15)24-21(19)16-6-2-4-8-18(16)23-20/h1-12,24H,22H2. The third-order valence-electron chi connectivity index (χ3n) is 4.53. The maximum absolute atomic E-state index is 5.85. The van der Waals surface area contributed by atoms with Gasteiger partial charge in [-0.25, -0.2) is 4.98 Å². The fraction of sp³-hybridized carbons (Fsp3) is 0. The van der Waals surface area contributed by atoms with Crippen LogP contribution in [0.5, 0.6) is 0 Å². The normalized spacial score (nSPS) is 11.5. The van der Waals surface area contributed by atoms with Crippen LogP contribution in [0.3, 0.4) is 0 Å². The zero-order chi connectivity index (χ0) is 16.1. The molecule has 0 aliphatic heterocycles. The van der Waals surface area contributed by atoms with Crippen LogP contribution >= 0.6 is 0 Å². The number of nitrogens with zero attached hydrogens (tertiary/aromatic N) is 1. The van der Waals surface area contributed by atoms with Gasteiger partial charge in [0.1, 0.15) is 0 Å². The lowest BCUT2D eigenvalue weighted by Crippen LogP contribution is -1.89. The number of aromatic nitrogens is 2. The van der Waals surface area contributed by atoms with Crippen molar-refractivity contribution in [3.8, 4) is 11.3 Å². The van der Waals surface area contributed by atoms with Gasteiger partial charge >= 0.3 is 0 Å². The number of pyridine rings is 1. The Kier molecular flexibility index (Phi) is 2.65. The zero-order valence-electron chi connectivity index (χ0n) is 13.0. The van der Waals surface area contributed by atoms with E-state index >= 15 is 0 Å². The average Bonchev–Trinajstić information content (AvgIpc) is 3.02. The SMILES string of the molecule is Nc1ccc(-c2nc3ccccc3c3[nH]c4ccccc4c23)cc1. The maximum Gasteiger partial charge on any atom is 0.0809 e. The molecule has 2 aromatic heterocycles. The van der Waals surface area contributed by atoms with Crippen molar-refractivity contribution >= 4 is 38.4 Å². The summed E-state index contributed by atoms with van der Waals surface area (Å²) in [6, 6.07) is 24.5. The fourth-order valence-corrected chi connectivity index (χ4v) is 3.40. The number of fused-ring (bicyclic) bond motifs is 5. The summed E-state index contributed by atoms with van der Waals surface area (Å²) in [5.41, 5.74) is 11.9. The lowest BCUT2D eigenvalue weighted by Gasteiger charge is -2.07. The van der Waals surface area contributed by atoms with Crippen LogP contribution < -0.4 is 5.73 Å². The molecular formula is C21H15N3. The van der Waals surface area contributed by atoms with Crippen LogP contribution in [0, 0.1) is 0 Å². The predicted octanol–water partition coefficient (Wildman–Crippen LogP) is 5.12. The van der Waals surface area contributed by atoms with E-state index in [1.165, 1.54) is 5.39 Å². The Labute approximate surface area is 138 Å². The van der Waals surface area contributed by atoms with Crippen LogP contribution in [0.4, 0.5) is 5.69 Å². The molecule has 0 amide bonds. The molecule has 3 heteroatoms. The van der Waals surface area contributed by atoms with E-state index in [1.54, 1.807) is 0 Å². The van der Waals surface area contributed by atoms with Crippen LogP contribution in [-0.2, 0) is 0 Å². The molecule has 0 unspecified atom stereocenters. The van der Waals surface area contributed by atoms with E-state index in [4.69, 9.17) is 10.7 Å². The van der Waals surface area contributed by atoms with Gasteiger partial charge in [-0.2, -0.15) is 0 Å². The van der Waals surface area contributed by atoms with E-state index in [0.29, 0.717) is 0 Å². The predicted molar refractivity (Wildman–Crippen MR) is 101 cm³/mol. The molecule has 0 aliphatic carbocycles. The summed E-state index contributed by atoms with van der Waals surface area (Å²) < 4.78 is 0. The summed E-state index contributed by atoms with van der Waals surface area (Å²) in [6.07, 6.45) is 0. The highest BCUT2D eigenvalue weighted by atomic mass is 14.8. The van der Waals surface area contributed by atoms with Crippen LogP contribution in [0.25, 0.3) is 44.0 Å². The number of rotatable bonds is 1. The summed E-state index contributed by atoms with van der Waals surface area (Å²) in [5.74, 6) is 0. The summed E-state index contributed by atoms with van der Waals surface area (Å²) in [4.78, 5) is 8.54. The third kappa shape index (κ3) is 1.82. The number of nitrogen functional groups attached to an aromatic ring is 1. The van der Waals surface area contributed by atoms with Crippen molar-refractivity contribution < 1.29 is 0 Å². The maximum atomic E-state index is 5.85. The molecule has 0 saturated heterocycles. The molecule has 0 bridgehead atoms. The highest BCUT2D eigenvalue weighted by molar-refractivity contribution is 6.20. The fourth-order valence-electron chi connectivity index (χ4n) is 3.40. The van der Waals surface area contributed by atoms with E-state index in [2.05, 4.69) is 47.4 Å². The Hall–Kier alpha value is -3.33. The summed E-state index contributed by atoms with van der Waals surface area (Å²) >= 11 is 0. The number of benzene rings is 3. The smallest absolute Gasteiger partial charge is 0.0809 e. The van der Waals surface area contributed by atoms with Crippen molar-refractivity contribution in [3.63, 3.8) is 0 Å². The van der Waals surface area contributed by atoms with Crippen molar-refractivity contribution in [2.75, 3.05) is 5.73 Å². The second-order valence-electron chi connectivity index (χ2n) is 6.02. The van der Waals surface area contributed by atoms with Crippen molar-refractivity contribution in [1.29, 1.82) is 0 Å². The van der Waals surface area contributed by atoms with Crippen molar-refractivity contribution in [1.82, 2.24) is 9.97 Å². The Morgan fingerprint density at radius 3 is 2.29 bits per heavy atom.